The van der Waals surface area contributed by atoms with E-state index in [1.807, 2.05) is 6.92 Å². The quantitative estimate of drug-likeness (QED) is 0.838. The van der Waals surface area contributed by atoms with E-state index in [1.165, 1.54) is 6.42 Å². The first-order chi connectivity index (χ1) is 8.70. The number of carbonyl (C=O) groups excluding carboxylic acids is 1. The van der Waals surface area contributed by atoms with Crippen LogP contribution in [0.15, 0.2) is 6.07 Å². The average molecular weight is 252 g/mol. The topological polar surface area (TPSA) is 84.2 Å². The Kier molecular flexibility index (Phi) is 4.19. The summed E-state index contributed by atoms with van der Waals surface area (Å²) in [4.78, 5) is 14.0. The number of nitrogens with two attached hydrogens (primary N) is 1. The molecule has 0 spiro atoms. The predicted octanol–water partition coefficient (Wildman–Crippen LogP) is 1.02. The molecule has 1 aromatic rings. The van der Waals surface area contributed by atoms with E-state index >= 15 is 0 Å². The van der Waals surface area contributed by atoms with Gasteiger partial charge in [0.2, 0.25) is 0 Å². The van der Waals surface area contributed by atoms with Crippen LogP contribution in [-0.2, 0) is 4.74 Å². The molecule has 3 N–H and O–H groups in total. The van der Waals surface area contributed by atoms with Crippen LogP contribution in [0.2, 0.25) is 0 Å². The molecule has 2 heterocycles. The third-order valence-corrected chi connectivity index (χ3v) is 3.20. The van der Waals surface area contributed by atoms with Gasteiger partial charge in [-0.2, -0.15) is 5.10 Å². The van der Waals surface area contributed by atoms with Crippen molar-refractivity contribution in [3.05, 3.63) is 11.8 Å². The van der Waals surface area contributed by atoms with Crippen molar-refractivity contribution in [3.8, 4) is 0 Å². The lowest BCUT2D eigenvalue weighted by molar-refractivity contribution is -0.00323. The molecule has 0 aliphatic carbocycles. The Hall–Kier alpha value is -1.56. The van der Waals surface area contributed by atoms with Crippen LogP contribution in [0, 0.1) is 0 Å². The van der Waals surface area contributed by atoms with Crippen LogP contribution in [0.4, 0.5) is 5.82 Å². The van der Waals surface area contributed by atoms with Gasteiger partial charge in [0.1, 0.15) is 11.5 Å². The van der Waals surface area contributed by atoms with E-state index in [0.29, 0.717) is 24.6 Å². The van der Waals surface area contributed by atoms with E-state index in [2.05, 4.69) is 10.2 Å². The van der Waals surface area contributed by atoms with Crippen LogP contribution in [0.5, 0.6) is 0 Å². The van der Waals surface area contributed by atoms with Crippen LogP contribution >= 0.6 is 0 Å². The molecular formula is C12H20N4O2. The molecular weight excluding hydrogens is 232 g/mol. The second-order valence-electron chi connectivity index (χ2n) is 4.54. The maximum absolute atomic E-state index is 12.2. The number of rotatable bonds is 4. The van der Waals surface area contributed by atoms with Gasteiger partial charge in [0.25, 0.3) is 5.91 Å². The minimum absolute atomic E-state index is 0.0733. The summed E-state index contributed by atoms with van der Waals surface area (Å²) in [5.41, 5.74) is 5.94. The number of aromatic nitrogens is 2. The molecule has 6 nitrogen and oxygen atoms in total. The monoisotopic (exact) mass is 252 g/mol. The molecule has 1 aliphatic rings. The Balaban J connectivity index is 1.97. The van der Waals surface area contributed by atoms with E-state index in [1.54, 1.807) is 11.0 Å². The Morgan fingerprint density at radius 1 is 1.67 bits per heavy atom. The van der Waals surface area contributed by atoms with Crippen LogP contribution in [0.3, 0.4) is 0 Å². The summed E-state index contributed by atoms with van der Waals surface area (Å²) in [6.07, 6.45) is 3.47. The van der Waals surface area contributed by atoms with E-state index in [-0.39, 0.29) is 12.0 Å². The van der Waals surface area contributed by atoms with Crippen molar-refractivity contribution in [2.24, 2.45) is 0 Å². The number of nitrogens with one attached hydrogen (secondary N) is 1. The van der Waals surface area contributed by atoms with Crippen LogP contribution < -0.4 is 5.73 Å². The van der Waals surface area contributed by atoms with E-state index in [9.17, 15) is 4.79 Å². The average Bonchev–Trinajstić information content (AvgIpc) is 2.83. The highest BCUT2D eigenvalue weighted by Gasteiger charge is 2.22. The van der Waals surface area contributed by atoms with Gasteiger partial charge in [0.05, 0.1) is 6.10 Å². The third kappa shape index (κ3) is 3.01. The van der Waals surface area contributed by atoms with Gasteiger partial charge >= 0.3 is 0 Å². The first-order valence-electron chi connectivity index (χ1n) is 6.42. The smallest absolute Gasteiger partial charge is 0.272 e. The number of likely N-dealkylation sites (N-methyl/N-ethyl adjacent to an activating group) is 1. The second kappa shape index (κ2) is 5.86. The molecule has 0 unspecified atom stereocenters. The Morgan fingerprint density at radius 2 is 2.50 bits per heavy atom. The number of nitrogen functional groups attached to an aromatic ring is 1. The van der Waals surface area contributed by atoms with Crippen molar-refractivity contribution in [2.45, 2.75) is 32.3 Å². The number of amides is 1. The van der Waals surface area contributed by atoms with Crippen molar-refractivity contribution >= 4 is 11.7 Å². The van der Waals surface area contributed by atoms with Gasteiger partial charge in [0.15, 0.2) is 0 Å². The van der Waals surface area contributed by atoms with Crippen LogP contribution in [-0.4, -0.2) is 46.8 Å². The largest absolute Gasteiger partial charge is 0.382 e. The molecule has 0 aromatic carbocycles. The molecule has 1 fully saturated rings. The van der Waals surface area contributed by atoms with Gasteiger partial charge in [-0.3, -0.25) is 9.89 Å². The Morgan fingerprint density at radius 3 is 3.06 bits per heavy atom. The molecule has 1 atom stereocenters. The number of anilines is 1. The number of carbonyl (C=O) groups is 1. The summed E-state index contributed by atoms with van der Waals surface area (Å²) in [7, 11) is 0. The minimum atomic E-state index is -0.0733. The maximum Gasteiger partial charge on any atom is 0.272 e. The molecule has 0 radical (unpaired) electrons. The van der Waals surface area contributed by atoms with Crippen molar-refractivity contribution in [1.82, 2.24) is 15.1 Å². The zero-order valence-corrected chi connectivity index (χ0v) is 10.7. The number of H-pyrrole nitrogens is 1. The highest BCUT2D eigenvalue weighted by Crippen LogP contribution is 2.15. The highest BCUT2D eigenvalue weighted by atomic mass is 16.5. The zero-order valence-electron chi connectivity index (χ0n) is 10.7. The summed E-state index contributed by atoms with van der Waals surface area (Å²) < 4.78 is 5.66. The lowest BCUT2D eigenvalue weighted by Crippen LogP contribution is -2.39. The molecule has 1 aromatic heterocycles. The third-order valence-electron chi connectivity index (χ3n) is 3.20. The molecule has 1 saturated heterocycles. The minimum Gasteiger partial charge on any atom is -0.382 e. The summed E-state index contributed by atoms with van der Waals surface area (Å²) in [5, 5.41) is 6.43. The zero-order chi connectivity index (χ0) is 13.0. The molecule has 0 saturated carbocycles. The Bertz CT molecular complexity index is 399. The van der Waals surface area contributed by atoms with Crippen molar-refractivity contribution in [3.63, 3.8) is 0 Å². The van der Waals surface area contributed by atoms with Gasteiger partial charge in [-0.05, 0) is 26.2 Å². The van der Waals surface area contributed by atoms with Gasteiger partial charge in [-0.1, -0.05) is 0 Å². The molecule has 1 aliphatic heterocycles. The lowest BCUT2D eigenvalue weighted by Gasteiger charge is -2.28. The normalized spacial score (nSPS) is 19.7. The highest BCUT2D eigenvalue weighted by molar-refractivity contribution is 5.92. The van der Waals surface area contributed by atoms with Crippen molar-refractivity contribution < 1.29 is 9.53 Å². The fraction of sp³-hybridized carbons (Fsp3) is 0.667. The van der Waals surface area contributed by atoms with Gasteiger partial charge in [-0.15, -0.1) is 0 Å². The lowest BCUT2D eigenvalue weighted by atomic mass is 10.1. The number of hydrogen-bond donors (Lipinski definition) is 2. The number of ether oxygens (including phenoxy) is 1. The summed E-state index contributed by atoms with van der Waals surface area (Å²) >= 11 is 0. The fourth-order valence-corrected chi connectivity index (χ4v) is 2.17. The SMILES string of the molecule is CCN(C[C@H]1CCCCO1)C(=O)c1cc(N)n[nH]1. The molecule has 100 valence electrons. The molecule has 1 amide bonds. The first-order valence-corrected chi connectivity index (χ1v) is 6.42. The standard InChI is InChI=1S/C12H20N4O2/c1-2-16(8-9-5-3-4-6-18-9)12(17)10-7-11(13)15-14-10/h7,9H,2-6,8H2,1H3,(H3,13,14,15)/t9-/m1/s1. The summed E-state index contributed by atoms with van der Waals surface area (Å²) in [6, 6.07) is 1.56. The maximum atomic E-state index is 12.2. The molecule has 6 heteroatoms. The van der Waals surface area contributed by atoms with E-state index < -0.39 is 0 Å². The van der Waals surface area contributed by atoms with E-state index in [4.69, 9.17) is 10.5 Å². The van der Waals surface area contributed by atoms with Crippen molar-refractivity contribution in [2.75, 3.05) is 25.4 Å². The molecule has 2 rings (SSSR count). The second-order valence-corrected chi connectivity index (χ2v) is 4.54. The summed E-state index contributed by atoms with van der Waals surface area (Å²) in [5.74, 6) is 0.263. The number of nitrogens with zero attached hydrogens (tertiary/aromatic N) is 2. The summed E-state index contributed by atoms with van der Waals surface area (Å²) in [6.45, 7) is 4.04. The van der Waals surface area contributed by atoms with Crippen LogP contribution in [0.1, 0.15) is 36.7 Å². The van der Waals surface area contributed by atoms with Gasteiger partial charge in [-0.25, -0.2) is 0 Å². The predicted molar refractivity (Wildman–Crippen MR) is 68.2 cm³/mol. The number of hydrogen-bond acceptors (Lipinski definition) is 4. The first kappa shape index (κ1) is 12.9. The fourth-order valence-electron chi connectivity index (χ4n) is 2.17. The van der Waals surface area contributed by atoms with Crippen molar-refractivity contribution in [1.29, 1.82) is 0 Å². The molecule has 18 heavy (non-hydrogen) atoms. The Labute approximate surface area is 106 Å². The number of aromatic amines is 1. The molecule has 0 bridgehead atoms. The van der Waals surface area contributed by atoms with Crippen LogP contribution in [0.25, 0.3) is 0 Å². The van der Waals surface area contributed by atoms with Gasteiger partial charge < -0.3 is 15.4 Å². The van der Waals surface area contributed by atoms with Gasteiger partial charge in [0, 0.05) is 25.8 Å². The van der Waals surface area contributed by atoms with E-state index in [0.717, 1.165) is 19.4 Å².